The number of fused-ring (bicyclic) bond motifs is 1. The van der Waals surface area contributed by atoms with Crippen LogP contribution in [0.1, 0.15) is 63.9 Å². The summed E-state index contributed by atoms with van der Waals surface area (Å²) in [6, 6.07) is 12.3. The van der Waals surface area contributed by atoms with Gasteiger partial charge in [-0.05, 0) is 51.0 Å². The standard InChI is InChI=1S/C34H39NO10/c1-19-27(41-20(2)36)28(42-21(3)37)30(44-31(40)23-13-10-16-35-18-23)33(6)25(17-24-29(39)34(19,33)45-32(24,4)5)43-26(38)15-14-22-11-8-7-9-12-22/h7-16,18-19,24-25,27-30,39H,17H2,1-6H3/b15-14+/t19-,24?,25+,27-,28-,29-,30+,33-,34-/m1/s1. The van der Waals surface area contributed by atoms with E-state index >= 15 is 0 Å². The van der Waals surface area contributed by atoms with E-state index in [-0.39, 0.29) is 12.0 Å². The highest BCUT2D eigenvalue weighted by Crippen LogP contribution is 2.67. The minimum Gasteiger partial charge on any atom is -0.458 e. The quantitative estimate of drug-likeness (QED) is 0.274. The second kappa shape index (κ2) is 12.0. The normalized spacial score (nSPS) is 34.8. The van der Waals surface area contributed by atoms with Gasteiger partial charge in [0.15, 0.2) is 12.2 Å². The summed E-state index contributed by atoms with van der Waals surface area (Å²) >= 11 is 0. The Labute approximate surface area is 261 Å². The molecule has 1 aromatic heterocycles. The second-order valence-electron chi connectivity index (χ2n) is 12.7. The Bertz CT molecular complexity index is 1480. The molecule has 1 spiro atoms. The van der Waals surface area contributed by atoms with Crippen LogP contribution in [0.4, 0.5) is 0 Å². The number of ether oxygens (including phenoxy) is 5. The summed E-state index contributed by atoms with van der Waals surface area (Å²) in [5, 5.41) is 12.1. The van der Waals surface area contributed by atoms with Gasteiger partial charge in [-0.25, -0.2) is 9.59 Å². The molecule has 2 saturated carbocycles. The van der Waals surface area contributed by atoms with Gasteiger partial charge in [0.2, 0.25) is 0 Å². The molecule has 3 fully saturated rings. The molecule has 11 nitrogen and oxygen atoms in total. The average Bonchev–Trinajstić information content (AvgIpc) is 3.15. The highest BCUT2D eigenvalue weighted by molar-refractivity contribution is 5.89. The zero-order valence-corrected chi connectivity index (χ0v) is 26.2. The number of nitrogens with zero attached hydrogens (tertiary/aromatic N) is 1. The number of hydrogen-bond acceptors (Lipinski definition) is 11. The molecule has 1 N–H and O–H groups in total. The molecule has 1 saturated heterocycles. The van der Waals surface area contributed by atoms with Crippen molar-refractivity contribution in [3.63, 3.8) is 0 Å². The summed E-state index contributed by atoms with van der Waals surface area (Å²) < 4.78 is 30.7. The summed E-state index contributed by atoms with van der Waals surface area (Å²) in [7, 11) is 0. The molecule has 2 heterocycles. The fourth-order valence-electron chi connectivity index (χ4n) is 7.74. The number of esters is 4. The minimum atomic E-state index is -1.58. The Balaban J connectivity index is 1.66. The predicted molar refractivity (Wildman–Crippen MR) is 159 cm³/mol. The zero-order chi connectivity index (χ0) is 32.7. The molecular formula is C34H39NO10. The van der Waals surface area contributed by atoms with Gasteiger partial charge in [0.05, 0.1) is 22.7 Å². The molecule has 0 amide bonds. The van der Waals surface area contributed by atoms with Crippen LogP contribution in [0, 0.1) is 17.3 Å². The molecule has 5 rings (SSSR count). The predicted octanol–water partition coefficient (Wildman–Crippen LogP) is 3.68. The average molecular weight is 622 g/mol. The Morgan fingerprint density at radius 1 is 0.933 bits per heavy atom. The zero-order valence-electron chi connectivity index (χ0n) is 26.2. The van der Waals surface area contributed by atoms with Crippen LogP contribution in [0.2, 0.25) is 0 Å². The highest BCUT2D eigenvalue weighted by atomic mass is 16.6. The summed E-state index contributed by atoms with van der Waals surface area (Å²) in [6.07, 6.45) is -0.192. The van der Waals surface area contributed by atoms with E-state index in [0.29, 0.717) is 0 Å². The van der Waals surface area contributed by atoms with Crippen LogP contribution in [0.15, 0.2) is 60.9 Å². The highest BCUT2D eigenvalue weighted by Gasteiger charge is 2.81. The van der Waals surface area contributed by atoms with Gasteiger partial charge in [-0.2, -0.15) is 0 Å². The minimum absolute atomic E-state index is 0.112. The number of aliphatic hydroxyl groups is 1. The van der Waals surface area contributed by atoms with Crippen molar-refractivity contribution in [2.24, 2.45) is 17.3 Å². The fourth-order valence-corrected chi connectivity index (χ4v) is 7.74. The fraction of sp³-hybridized carbons (Fsp3) is 0.500. The van der Waals surface area contributed by atoms with Gasteiger partial charge >= 0.3 is 23.9 Å². The summed E-state index contributed by atoms with van der Waals surface area (Å²) in [5.74, 6) is -4.18. The van der Waals surface area contributed by atoms with Crippen LogP contribution in [0.5, 0.6) is 0 Å². The van der Waals surface area contributed by atoms with Crippen molar-refractivity contribution in [2.45, 2.75) is 89.7 Å². The van der Waals surface area contributed by atoms with Crippen molar-refractivity contribution in [3.05, 3.63) is 72.1 Å². The Hall–Kier alpha value is -4.09. The Morgan fingerprint density at radius 2 is 1.60 bits per heavy atom. The van der Waals surface area contributed by atoms with Gasteiger partial charge in [0.25, 0.3) is 0 Å². The third-order valence-electron chi connectivity index (χ3n) is 9.71. The van der Waals surface area contributed by atoms with E-state index in [1.54, 1.807) is 26.0 Å². The molecule has 1 aromatic carbocycles. The monoisotopic (exact) mass is 621 g/mol. The van der Waals surface area contributed by atoms with E-state index in [9.17, 15) is 24.3 Å². The number of aliphatic hydroxyl groups excluding tert-OH is 1. The molecule has 3 aliphatic rings. The number of rotatable bonds is 7. The van der Waals surface area contributed by atoms with Crippen molar-refractivity contribution in [1.29, 1.82) is 0 Å². The van der Waals surface area contributed by atoms with E-state index in [1.807, 2.05) is 44.2 Å². The molecule has 0 radical (unpaired) electrons. The maximum Gasteiger partial charge on any atom is 0.340 e. The Morgan fingerprint density at radius 3 is 2.22 bits per heavy atom. The molecule has 2 aliphatic carbocycles. The molecule has 11 heteroatoms. The lowest BCUT2D eigenvalue weighted by Crippen LogP contribution is -2.79. The topological polar surface area (TPSA) is 148 Å². The van der Waals surface area contributed by atoms with Gasteiger partial charge < -0.3 is 28.8 Å². The van der Waals surface area contributed by atoms with E-state index in [1.165, 1.54) is 38.4 Å². The third-order valence-corrected chi connectivity index (χ3v) is 9.71. The van der Waals surface area contributed by atoms with E-state index in [2.05, 4.69) is 4.98 Å². The van der Waals surface area contributed by atoms with Gasteiger partial charge in [-0.15, -0.1) is 0 Å². The summed E-state index contributed by atoms with van der Waals surface area (Å²) in [4.78, 5) is 56.0. The number of hydrogen-bond donors (Lipinski definition) is 1. The SMILES string of the molecule is CC(=O)O[C@@H]1[C@H](OC(C)=O)[C@@H](C)[C@]23OC(C)(C)C(C[C@H](OC(=O)/C=C/c4ccccc4)[C@]2(C)[C@H]1OC(=O)c1cccnc1)[C@H]3O. The van der Waals surface area contributed by atoms with Gasteiger partial charge in [-0.1, -0.05) is 37.3 Å². The molecule has 2 aromatic rings. The second-order valence-corrected chi connectivity index (χ2v) is 12.7. The van der Waals surface area contributed by atoms with Crippen molar-refractivity contribution >= 4 is 30.0 Å². The van der Waals surface area contributed by atoms with Crippen LogP contribution < -0.4 is 0 Å². The van der Waals surface area contributed by atoms with Crippen LogP contribution in [-0.4, -0.2) is 75.7 Å². The van der Waals surface area contributed by atoms with Gasteiger partial charge in [0.1, 0.15) is 17.8 Å². The molecular weight excluding hydrogens is 582 g/mol. The smallest absolute Gasteiger partial charge is 0.340 e. The van der Waals surface area contributed by atoms with Crippen molar-refractivity contribution < 1.29 is 48.0 Å². The first-order valence-corrected chi connectivity index (χ1v) is 15.0. The molecule has 2 bridgehead atoms. The van der Waals surface area contributed by atoms with Crippen molar-refractivity contribution in [3.8, 4) is 0 Å². The van der Waals surface area contributed by atoms with Crippen LogP contribution >= 0.6 is 0 Å². The molecule has 45 heavy (non-hydrogen) atoms. The maximum atomic E-state index is 13.6. The number of carbonyl (C=O) groups excluding carboxylic acids is 4. The first-order valence-electron chi connectivity index (χ1n) is 15.0. The molecule has 240 valence electrons. The lowest BCUT2D eigenvalue weighted by Gasteiger charge is -2.63. The van der Waals surface area contributed by atoms with E-state index in [0.717, 1.165) is 5.56 Å². The lowest BCUT2D eigenvalue weighted by molar-refractivity contribution is -0.324. The van der Waals surface area contributed by atoms with Gasteiger partial charge in [0, 0.05) is 44.2 Å². The molecule has 1 unspecified atom stereocenters. The summed E-state index contributed by atoms with van der Waals surface area (Å²) in [5.41, 5.74) is -3.12. The molecule has 1 aliphatic heterocycles. The van der Waals surface area contributed by atoms with E-state index < -0.39 is 82.8 Å². The molecule has 9 atom stereocenters. The first-order chi connectivity index (χ1) is 21.2. The van der Waals surface area contributed by atoms with Crippen LogP contribution in [-0.2, 0) is 38.1 Å². The lowest BCUT2D eigenvalue weighted by atomic mass is 9.47. The maximum absolute atomic E-state index is 13.6. The van der Waals surface area contributed by atoms with Gasteiger partial charge in [-0.3, -0.25) is 14.6 Å². The third kappa shape index (κ3) is 5.52. The van der Waals surface area contributed by atoms with Crippen molar-refractivity contribution in [1.82, 2.24) is 4.98 Å². The first kappa shape index (κ1) is 32.3. The van der Waals surface area contributed by atoms with E-state index in [4.69, 9.17) is 23.7 Å². The van der Waals surface area contributed by atoms with Crippen LogP contribution in [0.25, 0.3) is 6.08 Å². The van der Waals surface area contributed by atoms with Crippen LogP contribution in [0.3, 0.4) is 0 Å². The van der Waals surface area contributed by atoms with Crippen molar-refractivity contribution in [2.75, 3.05) is 0 Å². The number of aromatic nitrogens is 1. The summed E-state index contributed by atoms with van der Waals surface area (Å²) in [6.45, 7) is 9.49. The Kier molecular flexibility index (Phi) is 8.63. The largest absolute Gasteiger partial charge is 0.458 e. The number of benzene rings is 1. The number of pyridine rings is 1. The number of carbonyl (C=O) groups is 4.